The van der Waals surface area contributed by atoms with E-state index in [0.717, 1.165) is 5.56 Å². The average Bonchev–Trinajstić information content (AvgIpc) is 2.52. The van der Waals surface area contributed by atoms with Crippen LogP contribution in [0.15, 0.2) is 47.4 Å². The average molecular weight is 307 g/mol. The van der Waals surface area contributed by atoms with Crippen molar-refractivity contribution in [2.24, 2.45) is 5.73 Å². The van der Waals surface area contributed by atoms with Gasteiger partial charge in [-0.15, -0.1) is 11.8 Å². The third kappa shape index (κ3) is 3.68. The number of rotatable bonds is 6. The number of benzene rings is 2. The highest BCUT2D eigenvalue weighted by Crippen LogP contribution is 2.35. The summed E-state index contributed by atoms with van der Waals surface area (Å²) in [7, 11) is 3.18. The maximum absolute atomic E-state index is 13.6. The smallest absolute Gasteiger partial charge is 0.136 e. The van der Waals surface area contributed by atoms with Gasteiger partial charge < -0.3 is 15.2 Å². The maximum Gasteiger partial charge on any atom is 0.136 e. The predicted molar refractivity (Wildman–Crippen MR) is 83.6 cm³/mol. The van der Waals surface area contributed by atoms with Gasteiger partial charge in [0.25, 0.3) is 0 Å². The zero-order valence-corrected chi connectivity index (χ0v) is 12.8. The molecule has 1 unspecified atom stereocenters. The maximum atomic E-state index is 13.6. The highest BCUT2D eigenvalue weighted by Gasteiger charge is 2.18. The van der Waals surface area contributed by atoms with Crippen LogP contribution in [0.4, 0.5) is 4.39 Å². The number of hydrogen-bond donors (Lipinski definition) is 1. The van der Waals surface area contributed by atoms with Crippen molar-refractivity contribution in [1.29, 1.82) is 0 Å². The first kappa shape index (κ1) is 15.7. The number of halogens is 1. The van der Waals surface area contributed by atoms with Crippen molar-refractivity contribution in [3.05, 3.63) is 53.8 Å². The molecular formula is C16H18FNO2S. The van der Waals surface area contributed by atoms with E-state index in [9.17, 15) is 4.39 Å². The van der Waals surface area contributed by atoms with Crippen LogP contribution >= 0.6 is 11.8 Å². The molecule has 2 rings (SSSR count). The molecule has 0 aliphatic heterocycles. The second kappa shape index (κ2) is 7.33. The highest BCUT2D eigenvalue weighted by atomic mass is 32.2. The minimum absolute atomic E-state index is 0.235. The van der Waals surface area contributed by atoms with Crippen molar-refractivity contribution in [1.82, 2.24) is 0 Å². The quantitative estimate of drug-likeness (QED) is 0.828. The van der Waals surface area contributed by atoms with Gasteiger partial charge in [-0.3, -0.25) is 0 Å². The van der Waals surface area contributed by atoms with E-state index in [1.54, 1.807) is 32.4 Å². The third-order valence-electron chi connectivity index (χ3n) is 3.09. The fourth-order valence-corrected chi connectivity index (χ4v) is 2.98. The van der Waals surface area contributed by atoms with Crippen LogP contribution in [-0.4, -0.2) is 20.0 Å². The summed E-state index contributed by atoms with van der Waals surface area (Å²) in [5.41, 5.74) is 7.04. The molecule has 2 aromatic carbocycles. The highest BCUT2D eigenvalue weighted by molar-refractivity contribution is 7.99. The first-order valence-corrected chi connectivity index (χ1v) is 7.49. The van der Waals surface area contributed by atoms with Gasteiger partial charge >= 0.3 is 0 Å². The molecule has 0 saturated carbocycles. The predicted octanol–water partition coefficient (Wildman–Crippen LogP) is 3.64. The van der Waals surface area contributed by atoms with E-state index in [4.69, 9.17) is 15.2 Å². The standard InChI is InChI=1S/C16H18FNO2S/c1-19-13-7-5-8-14(20-2)16(13)12(18)10-21-15-9-4-3-6-11(15)17/h3-9,12H,10,18H2,1-2H3. The Labute approximate surface area is 128 Å². The first-order valence-electron chi connectivity index (χ1n) is 6.51. The molecule has 0 spiro atoms. The van der Waals surface area contributed by atoms with Crippen LogP contribution in [0, 0.1) is 5.82 Å². The largest absolute Gasteiger partial charge is 0.496 e. The van der Waals surface area contributed by atoms with Crippen molar-refractivity contribution < 1.29 is 13.9 Å². The second-order valence-corrected chi connectivity index (χ2v) is 5.49. The summed E-state index contributed by atoms with van der Waals surface area (Å²) >= 11 is 1.38. The van der Waals surface area contributed by atoms with Gasteiger partial charge in [-0.05, 0) is 24.3 Å². The van der Waals surface area contributed by atoms with Crippen LogP contribution in [0.2, 0.25) is 0 Å². The summed E-state index contributed by atoms with van der Waals surface area (Å²) in [6.45, 7) is 0. The summed E-state index contributed by atoms with van der Waals surface area (Å²) in [5, 5.41) is 0. The molecule has 5 heteroatoms. The topological polar surface area (TPSA) is 44.5 Å². The minimum atomic E-state index is -0.319. The van der Waals surface area contributed by atoms with Gasteiger partial charge in [-0.1, -0.05) is 18.2 Å². The molecule has 21 heavy (non-hydrogen) atoms. The minimum Gasteiger partial charge on any atom is -0.496 e. The first-order chi connectivity index (χ1) is 10.2. The fraction of sp³-hybridized carbons (Fsp3) is 0.250. The van der Waals surface area contributed by atoms with Gasteiger partial charge in [0.1, 0.15) is 17.3 Å². The molecule has 112 valence electrons. The van der Waals surface area contributed by atoms with E-state index in [0.29, 0.717) is 22.1 Å². The lowest BCUT2D eigenvalue weighted by atomic mass is 10.1. The zero-order valence-electron chi connectivity index (χ0n) is 12.0. The van der Waals surface area contributed by atoms with Crippen molar-refractivity contribution in [3.8, 4) is 11.5 Å². The van der Waals surface area contributed by atoms with Crippen LogP contribution < -0.4 is 15.2 Å². The van der Waals surface area contributed by atoms with Crippen molar-refractivity contribution in [2.75, 3.05) is 20.0 Å². The Balaban J connectivity index is 2.17. The summed E-state index contributed by atoms with van der Waals surface area (Å²) in [4.78, 5) is 0.585. The van der Waals surface area contributed by atoms with Crippen LogP contribution in [0.3, 0.4) is 0 Å². The van der Waals surface area contributed by atoms with E-state index in [1.165, 1.54) is 17.8 Å². The summed E-state index contributed by atoms with van der Waals surface area (Å²) in [6.07, 6.45) is 0. The van der Waals surface area contributed by atoms with E-state index in [-0.39, 0.29) is 11.9 Å². The van der Waals surface area contributed by atoms with Gasteiger partial charge in [0, 0.05) is 16.7 Å². The van der Waals surface area contributed by atoms with Crippen LogP contribution in [0.25, 0.3) is 0 Å². The zero-order chi connectivity index (χ0) is 15.2. The molecule has 0 saturated heterocycles. The van der Waals surface area contributed by atoms with E-state index >= 15 is 0 Å². The van der Waals surface area contributed by atoms with Gasteiger partial charge in [0.15, 0.2) is 0 Å². The molecule has 0 bridgehead atoms. The molecule has 0 radical (unpaired) electrons. The third-order valence-corrected chi connectivity index (χ3v) is 4.26. The fourth-order valence-electron chi connectivity index (χ4n) is 2.07. The Morgan fingerprint density at radius 2 is 1.67 bits per heavy atom. The molecule has 2 N–H and O–H groups in total. The molecule has 0 aliphatic rings. The molecular weight excluding hydrogens is 289 g/mol. The lowest BCUT2D eigenvalue weighted by Gasteiger charge is -2.18. The molecule has 0 heterocycles. The number of thioether (sulfide) groups is 1. The Bertz CT molecular complexity index is 584. The summed E-state index contributed by atoms with van der Waals surface area (Å²) in [5.74, 6) is 1.64. The Kier molecular flexibility index (Phi) is 5.47. The van der Waals surface area contributed by atoms with Crippen molar-refractivity contribution >= 4 is 11.8 Å². The van der Waals surface area contributed by atoms with Crippen molar-refractivity contribution in [2.45, 2.75) is 10.9 Å². The Hall–Kier alpha value is -1.72. The number of hydrogen-bond acceptors (Lipinski definition) is 4. The number of ether oxygens (including phenoxy) is 2. The summed E-state index contributed by atoms with van der Waals surface area (Å²) in [6, 6.07) is 11.9. The van der Waals surface area contributed by atoms with Crippen LogP contribution in [0.1, 0.15) is 11.6 Å². The normalized spacial score (nSPS) is 12.0. The molecule has 0 aliphatic carbocycles. The van der Waals surface area contributed by atoms with Gasteiger partial charge in [0.2, 0.25) is 0 Å². The number of nitrogens with two attached hydrogens (primary N) is 1. The Morgan fingerprint density at radius 3 is 2.24 bits per heavy atom. The molecule has 2 aromatic rings. The van der Waals surface area contributed by atoms with Gasteiger partial charge in [-0.2, -0.15) is 0 Å². The molecule has 0 aromatic heterocycles. The van der Waals surface area contributed by atoms with E-state index in [2.05, 4.69) is 0 Å². The van der Waals surface area contributed by atoms with Crippen molar-refractivity contribution in [3.63, 3.8) is 0 Å². The molecule has 0 amide bonds. The second-order valence-electron chi connectivity index (χ2n) is 4.42. The molecule has 3 nitrogen and oxygen atoms in total. The molecule has 0 fully saturated rings. The SMILES string of the molecule is COc1cccc(OC)c1C(N)CSc1ccccc1F. The molecule has 1 atom stereocenters. The lowest BCUT2D eigenvalue weighted by Crippen LogP contribution is -2.15. The summed E-state index contributed by atoms with van der Waals surface area (Å²) < 4.78 is 24.3. The van der Waals surface area contributed by atoms with E-state index < -0.39 is 0 Å². The Morgan fingerprint density at radius 1 is 1.05 bits per heavy atom. The van der Waals surface area contributed by atoms with Gasteiger partial charge in [-0.25, -0.2) is 4.39 Å². The van der Waals surface area contributed by atoms with Crippen LogP contribution in [-0.2, 0) is 0 Å². The van der Waals surface area contributed by atoms with Gasteiger partial charge in [0.05, 0.1) is 19.8 Å². The lowest BCUT2D eigenvalue weighted by molar-refractivity contribution is 0.381. The van der Waals surface area contributed by atoms with Crippen LogP contribution in [0.5, 0.6) is 11.5 Å². The number of methoxy groups -OCH3 is 2. The van der Waals surface area contributed by atoms with E-state index in [1.807, 2.05) is 18.2 Å². The monoisotopic (exact) mass is 307 g/mol.